The molecule has 2 atom stereocenters. The fourth-order valence-electron chi connectivity index (χ4n) is 4.47. The number of rotatable bonds is 7. The van der Waals surface area contributed by atoms with E-state index < -0.39 is 11.9 Å². The van der Waals surface area contributed by atoms with E-state index in [9.17, 15) is 23.6 Å². The number of thiophene rings is 1. The first-order valence-electron chi connectivity index (χ1n) is 11.1. The lowest BCUT2D eigenvalue weighted by atomic mass is 9.81. The molecule has 1 aromatic carbocycles. The number of hydrogen-bond acceptors (Lipinski definition) is 6. The van der Waals surface area contributed by atoms with Gasteiger partial charge in [-0.05, 0) is 43.5 Å². The van der Waals surface area contributed by atoms with Gasteiger partial charge in [-0.2, -0.15) is 0 Å². The summed E-state index contributed by atoms with van der Waals surface area (Å²) in [6.45, 7) is 1.88. The molecular weight excluding hydrogens is 447 g/mol. The zero-order chi connectivity index (χ0) is 23.5. The van der Waals surface area contributed by atoms with Crippen molar-refractivity contribution in [2.45, 2.75) is 39.0 Å². The zero-order valence-electron chi connectivity index (χ0n) is 18.3. The Morgan fingerprint density at radius 3 is 2.36 bits per heavy atom. The minimum atomic E-state index is -0.569. The van der Waals surface area contributed by atoms with E-state index in [2.05, 4.69) is 5.32 Å². The number of carbonyl (C=O) groups is 4. The number of hydrogen-bond donors (Lipinski definition) is 1. The molecule has 0 unspecified atom stereocenters. The Bertz CT molecular complexity index is 1060. The maximum absolute atomic E-state index is 13.3. The highest BCUT2D eigenvalue weighted by molar-refractivity contribution is 7.18. The Labute approximate surface area is 194 Å². The molecule has 0 radical (unpaired) electrons. The van der Waals surface area contributed by atoms with Crippen LogP contribution in [0.5, 0.6) is 0 Å². The lowest BCUT2D eigenvalue weighted by molar-refractivity contribution is -0.140. The highest BCUT2D eigenvalue weighted by Crippen LogP contribution is 2.38. The van der Waals surface area contributed by atoms with E-state index in [0.29, 0.717) is 10.4 Å². The summed E-state index contributed by atoms with van der Waals surface area (Å²) >= 11 is 1.14. The van der Waals surface area contributed by atoms with Gasteiger partial charge in [0.25, 0.3) is 0 Å². The monoisotopic (exact) mass is 472 g/mol. The number of likely N-dealkylation sites (tertiary alicyclic amines) is 1. The van der Waals surface area contributed by atoms with Crippen molar-refractivity contribution in [2.24, 2.45) is 11.8 Å². The molecule has 2 aliphatic rings. The van der Waals surface area contributed by atoms with E-state index in [1.807, 2.05) is 0 Å². The van der Waals surface area contributed by atoms with E-state index in [1.165, 1.54) is 17.0 Å². The summed E-state index contributed by atoms with van der Waals surface area (Å²) in [6, 6.07) is 7.46. The minimum Gasteiger partial charge on any atom is -0.462 e. The molecule has 0 spiro atoms. The Balaban J connectivity index is 1.46. The van der Waals surface area contributed by atoms with Gasteiger partial charge >= 0.3 is 5.97 Å². The lowest BCUT2D eigenvalue weighted by Gasteiger charge is -2.19. The van der Waals surface area contributed by atoms with Crippen LogP contribution in [0.1, 0.15) is 48.7 Å². The molecule has 1 saturated carbocycles. The van der Waals surface area contributed by atoms with Crippen molar-refractivity contribution in [1.29, 1.82) is 0 Å². The molecule has 0 bridgehead atoms. The number of amides is 3. The second-order valence-electron chi connectivity index (χ2n) is 8.20. The largest absolute Gasteiger partial charge is 0.462 e. The van der Waals surface area contributed by atoms with Gasteiger partial charge in [0, 0.05) is 17.8 Å². The normalized spacial score (nSPS) is 20.0. The molecule has 1 saturated heterocycles. The third-order valence-corrected chi connectivity index (χ3v) is 7.25. The van der Waals surface area contributed by atoms with E-state index in [1.54, 1.807) is 25.1 Å². The van der Waals surface area contributed by atoms with Gasteiger partial charge in [0.1, 0.15) is 10.7 Å². The van der Waals surface area contributed by atoms with Gasteiger partial charge in [-0.15, -0.1) is 11.3 Å². The van der Waals surface area contributed by atoms with Crippen molar-refractivity contribution >= 4 is 40.7 Å². The standard InChI is InChI=1S/C24H25FN2O5S/c1-2-32-24(31)21-18(13-19(33-21)14-7-9-15(25)10-8-14)26-20(28)11-12-27-22(29)16-5-3-4-6-17(16)23(27)30/h7-10,13,16-17H,2-6,11-12H2,1H3,(H,26,28)/t16-,17-/m1/s1. The van der Waals surface area contributed by atoms with Crippen LogP contribution >= 0.6 is 11.3 Å². The van der Waals surface area contributed by atoms with Gasteiger partial charge in [-0.1, -0.05) is 25.0 Å². The molecule has 1 N–H and O–H groups in total. The predicted molar refractivity (Wildman–Crippen MR) is 121 cm³/mol. The molecule has 2 fully saturated rings. The van der Waals surface area contributed by atoms with Gasteiger partial charge in [0.05, 0.1) is 24.1 Å². The summed E-state index contributed by atoms with van der Waals surface area (Å²) in [5, 5.41) is 2.72. The van der Waals surface area contributed by atoms with Crippen molar-refractivity contribution in [1.82, 2.24) is 4.90 Å². The molecular formula is C24H25FN2O5S. The predicted octanol–water partition coefficient (Wildman–Crippen LogP) is 4.23. The maximum atomic E-state index is 13.3. The first-order valence-corrected chi connectivity index (χ1v) is 11.9. The smallest absolute Gasteiger partial charge is 0.350 e. The second-order valence-corrected chi connectivity index (χ2v) is 9.26. The zero-order valence-corrected chi connectivity index (χ0v) is 19.1. The van der Waals surface area contributed by atoms with Crippen LogP contribution in [0.4, 0.5) is 10.1 Å². The van der Waals surface area contributed by atoms with Crippen LogP contribution in [0.25, 0.3) is 10.4 Å². The fourth-order valence-corrected chi connectivity index (χ4v) is 5.48. The highest BCUT2D eigenvalue weighted by Gasteiger charge is 2.47. The van der Waals surface area contributed by atoms with Gasteiger partial charge < -0.3 is 10.1 Å². The topological polar surface area (TPSA) is 92.8 Å². The highest BCUT2D eigenvalue weighted by atomic mass is 32.1. The van der Waals surface area contributed by atoms with Gasteiger partial charge in [-0.3, -0.25) is 19.3 Å². The van der Waals surface area contributed by atoms with Gasteiger partial charge in [0.2, 0.25) is 17.7 Å². The van der Waals surface area contributed by atoms with Crippen LogP contribution in [0.3, 0.4) is 0 Å². The molecule has 1 aromatic heterocycles. The van der Waals surface area contributed by atoms with Crippen LogP contribution in [0, 0.1) is 17.7 Å². The number of benzene rings is 1. The summed E-state index contributed by atoms with van der Waals surface area (Å²) in [5.74, 6) is -2.22. The lowest BCUT2D eigenvalue weighted by Crippen LogP contribution is -2.34. The van der Waals surface area contributed by atoms with Gasteiger partial charge in [0.15, 0.2) is 0 Å². The van der Waals surface area contributed by atoms with Crippen molar-refractivity contribution in [3.63, 3.8) is 0 Å². The van der Waals surface area contributed by atoms with Crippen LogP contribution in [-0.4, -0.2) is 41.7 Å². The van der Waals surface area contributed by atoms with E-state index >= 15 is 0 Å². The Kier molecular flexibility index (Phi) is 6.88. The number of halogens is 1. The second kappa shape index (κ2) is 9.82. The third-order valence-electron chi connectivity index (χ3n) is 6.09. The van der Waals surface area contributed by atoms with Crippen molar-refractivity contribution in [3.05, 3.63) is 41.0 Å². The summed E-state index contributed by atoms with van der Waals surface area (Å²) in [4.78, 5) is 52.4. The van der Waals surface area contributed by atoms with Crippen molar-refractivity contribution in [2.75, 3.05) is 18.5 Å². The van der Waals surface area contributed by atoms with Crippen LogP contribution in [-0.2, 0) is 19.1 Å². The number of nitrogens with zero attached hydrogens (tertiary/aromatic N) is 1. The molecule has 7 nitrogen and oxygen atoms in total. The molecule has 1 aliphatic heterocycles. The molecule has 2 aromatic rings. The number of fused-ring (bicyclic) bond motifs is 1. The fraction of sp³-hybridized carbons (Fsp3) is 0.417. The van der Waals surface area contributed by atoms with E-state index in [-0.39, 0.29) is 59.6 Å². The summed E-state index contributed by atoms with van der Waals surface area (Å²) < 4.78 is 18.4. The van der Waals surface area contributed by atoms with Crippen LogP contribution < -0.4 is 5.32 Å². The molecule has 174 valence electrons. The molecule has 33 heavy (non-hydrogen) atoms. The molecule has 3 amide bonds. The number of nitrogens with one attached hydrogen (secondary N) is 1. The van der Waals surface area contributed by atoms with Crippen molar-refractivity contribution < 1.29 is 28.3 Å². The molecule has 9 heteroatoms. The van der Waals surface area contributed by atoms with Crippen LogP contribution in [0.15, 0.2) is 30.3 Å². The average Bonchev–Trinajstić information content (AvgIpc) is 3.33. The Morgan fingerprint density at radius 1 is 1.12 bits per heavy atom. The Morgan fingerprint density at radius 2 is 1.76 bits per heavy atom. The van der Waals surface area contributed by atoms with Crippen LogP contribution in [0.2, 0.25) is 0 Å². The van der Waals surface area contributed by atoms with Crippen molar-refractivity contribution in [3.8, 4) is 10.4 Å². The third kappa shape index (κ3) is 4.83. The molecule has 4 rings (SSSR count). The molecule has 1 aliphatic carbocycles. The summed E-state index contributed by atoms with van der Waals surface area (Å²) in [6.07, 6.45) is 3.27. The van der Waals surface area contributed by atoms with E-state index in [4.69, 9.17) is 4.74 Å². The summed E-state index contributed by atoms with van der Waals surface area (Å²) in [5.41, 5.74) is 0.985. The SMILES string of the molecule is CCOC(=O)c1sc(-c2ccc(F)cc2)cc1NC(=O)CCN1C(=O)[C@@H]2CCCC[C@H]2C1=O. The number of esters is 1. The van der Waals surface area contributed by atoms with E-state index in [0.717, 1.165) is 37.0 Å². The number of imide groups is 1. The maximum Gasteiger partial charge on any atom is 0.350 e. The Hall–Kier alpha value is -3.07. The molecule has 2 heterocycles. The minimum absolute atomic E-state index is 0.0141. The first kappa shape index (κ1) is 23.1. The quantitative estimate of drug-likeness (QED) is 0.481. The summed E-state index contributed by atoms with van der Waals surface area (Å²) in [7, 11) is 0. The average molecular weight is 473 g/mol. The number of carbonyl (C=O) groups excluding carboxylic acids is 4. The van der Waals surface area contributed by atoms with Gasteiger partial charge in [-0.25, -0.2) is 9.18 Å². The number of ether oxygens (including phenoxy) is 1. The first-order chi connectivity index (χ1) is 15.9. The number of anilines is 1.